The number of carbonyl (C=O) groups is 1. The van der Waals surface area contributed by atoms with Crippen molar-refractivity contribution in [1.29, 1.82) is 0 Å². The lowest BCUT2D eigenvalue weighted by Gasteiger charge is -2.14. The number of hydrogen-bond donors (Lipinski definition) is 0. The quantitative estimate of drug-likeness (QED) is 0.770. The van der Waals surface area contributed by atoms with Crippen molar-refractivity contribution < 1.29 is 9.53 Å². The molecule has 2 nitrogen and oxygen atoms in total. The number of para-hydroxylation sites is 1. The SMILES string of the molecule is Cc1ccccc1C(=O)c1ccccc1OC(C)C. The summed E-state index contributed by atoms with van der Waals surface area (Å²) >= 11 is 0. The highest BCUT2D eigenvalue weighted by Gasteiger charge is 2.16. The zero-order chi connectivity index (χ0) is 13.8. The molecule has 2 aromatic rings. The number of ether oxygens (including phenoxy) is 1. The van der Waals surface area contributed by atoms with Crippen molar-refractivity contribution in [2.24, 2.45) is 0 Å². The summed E-state index contributed by atoms with van der Waals surface area (Å²) in [6, 6.07) is 15.0. The van der Waals surface area contributed by atoms with Gasteiger partial charge in [-0.25, -0.2) is 0 Å². The molecule has 19 heavy (non-hydrogen) atoms. The van der Waals surface area contributed by atoms with E-state index in [2.05, 4.69) is 0 Å². The number of hydrogen-bond acceptors (Lipinski definition) is 2. The second kappa shape index (κ2) is 5.70. The highest BCUT2D eigenvalue weighted by atomic mass is 16.5. The smallest absolute Gasteiger partial charge is 0.197 e. The molecule has 2 heteroatoms. The molecular formula is C17H18O2. The predicted octanol–water partition coefficient (Wildman–Crippen LogP) is 4.01. The van der Waals surface area contributed by atoms with Crippen LogP contribution in [0.2, 0.25) is 0 Å². The number of aryl methyl sites for hydroxylation is 1. The van der Waals surface area contributed by atoms with Crippen LogP contribution in [0.5, 0.6) is 5.75 Å². The molecule has 0 aliphatic heterocycles. The fourth-order valence-electron chi connectivity index (χ4n) is 1.98. The van der Waals surface area contributed by atoms with Crippen molar-refractivity contribution in [3.8, 4) is 5.75 Å². The Balaban J connectivity index is 2.42. The van der Waals surface area contributed by atoms with Gasteiger partial charge in [0.25, 0.3) is 0 Å². The number of benzene rings is 2. The minimum absolute atomic E-state index is 0.00866. The van der Waals surface area contributed by atoms with Crippen LogP contribution in [0.25, 0.3) is 0 Å². The van der Waals surface area contributed by atoms with Gasteiger partial charge in [-0.1, -0.05) is 36.4 Å². The molecule has 0 atom stereocenters. The molecule has 0 spiro atoms. The third-order valence-corrected chi connectivity index (χ3v) is 2.88. The van der Waals surface area contributed by atoms with Gasteiger partial charge in [0.05, 0.1) is 11.7 Å². The number of carbonyl (C=O) groups excluding carboxylic acids is 1. The summed E-state index contributed by atoms with van der Waals surface area (Å²) in [4.78, 5) is 12.6. The molecule has 0 saturated heterocycles. The van der Waals surface area contributed by atoms with E-state index < -0.39 is 0 Å². The molecule has 0 unspecified atom stereocenters. The summed E-state index contributed by atoms with van der Waals surface area (Å²) in [5.41, 5.74) is 2.32. The Morgan fingerprint density at radius 3 is 2.16 bits per heavy atom. The topological polar surface area (TPSA) is 26.3 Å². The highest BCUT2D eigenvalue weighted by Crippen LogP contribution is 2.23. The Labute approximate surface area is 114 Å². The average molecular weight is 254 g/mol. The molecular weight excluding hydrogens is 236 g/mol. The second-order valence-corrected chi connectivity index (χ2v) is 4.81. The van der Waals surface area contributed by atoms with Crippen LogP contribution in [0.1, 0.15) is 35.3 Å². The molecule has 98 valence electrons. The third kappa shape index (κ3) is 3.02. The Morgan fingerprint density at radius 1 is 0.947 bits per heavy atom. The third-order valence-electron chi connectivity index (χ3n) is 2.88. The van der Waals surface area contributed by atoms with Gasteiger partial charge in [-0.15, -0.1) is 0 Å². The van der Waals surface area contributed by atoms with E-state index in [4.69, 9.17) is 4.74 Å². The molecule has 0 radical (unpaired) electrons. The fraction of sp³-hybridized carbons (Fsp3) is 0.235. The molecule has 2 rings (SSSR count). The highest BCUT2D eigenvalue weighted by molar-refractivity contribution is 6.11. The van der Waals surface area contributed by atoms with Gasteiger partial charge in [0, 0.05) is 5.56 Å². The van der Waals surface area contributed by atoms with Crippen LogP contribution >= 0.6 is 0 Å². The first-order valence-corrected chi connectivity index (χ1v) is 6.45. The van der Waals surface area contributed by atoms with Crippen molar-refractivity contribution >= 4 is 5.78 Å². The summed E-state index contributed by atoms with van der Waals surface area (Å²) in [5, 5.41) is 0. The van der Waals surface area contributed by atoms with Crippen molar-refractivity contribution in [3.63, 3.8) is 0 Å². The first kappa shape index (κ1) is 13.3. The van der Waals surface area contributed by atoms with Crippen molar-refractivity contribution in [2.45, 2.75) is 26.9 Å². The Kier molecular flexibility index (Phi) is 4.00. The lowest BCUT2D eigenvalue weighted by Crippen LogP contribution is -2.11. The zero-order valence-corrected chi connectivity index (χ0v) is 11.5. The molecule has 0 aliphatic rings. The van der Waals surface area contributed by atoms with E-state index >= 15 is 0 Å². The molecule has 2 aromatic carbocycles. The monoisotopic (exact) mass is 254 g/mol. The van der Waals surface area contributed by atoms with E-state index in [0.29, 0.717) is 11.3 Å². The summed E-state index contributed by atoms with van der Waals surface area (Å²) < 4.78 is 5.71. The molecule has 0 fully saturated rings. The standard InChI is InChI=1S/C17H18O2/c1-12(2)19-16-11-7-6-10-15(16)17(18)14-9-5-4-8-13(14)3/h4-12H,1-3H3. The largest absolute Gasteiger partial charge is 0.490 e. The van der Waals surface area contributed by atoms with Gasteiger partial charge in [-0.2, -0.15) is 0 Å². The van der Waals surface area contributed by atoms with E-state index in [9.17, 15) is 4.79 Å². The second-order valence-electron chi connectivity index (χ2n) is 4.81. The van der Waals surface area contributed by atoms with Crippen molar-refractivity contribution in [1.82, 2.24) is 0 Å². The molecule has 0 heterocycles. The van der Waals surface area contributed by atoms with Crippen LogP contribution in [0.15, 0.2) is 48.5 Å². The van der Waals surface area contributed by atoms with E-state index in [0.717, 1.165) is 11.1 Å². The summed E-state index contributed by atoms with van der Waals surface area (Å²) in [7, 11) is 0. The van der Waals surface area contributed by atoms with E-state index in [1.807, 2.05) is 69.3 Å². The van der Waals surface area contributed by atoms with Crippen LogP contribution < -0.4 is 4.74 Å². The lowest BCUT2D eigenvalue weighted by atomic mass is 9.98. The molecule has 0 bridgehead atoms. The van der Waals surface area contributed by atoms with Crippen LogP contribution in [0, 0.1) is 6.92 Å². The maximum atomic E-state index is 12.6. The maximum Gasteiger partial charge on any atom is 0.197 e. The fourth-order valence-corrected chi connectivity index (χ4v) is 1.98. The van der Waals surface area contributed by atoms with Gasteiger partial charge in [0.2, 0.25) is 0 Å². The molecule has 0 amide bonds. The van der Waals surface area contributed by atoms with Crippen molar-refractivity contribution in [2.75, 3.05) is 0 Å². The predicted molar refractivity (Wildman–Crippen MR) is 76.8 cm³/mol. The minimum atomic E-state index is 0.00866. The first-order chi connectivity index (χ1) is 9.09. The summed E-state index contributed by atoms with van der Waals surface area (Å²) in [5.74, 6) is 0.653. The van der Waals surface area contributed by atoms with E-state index in [1.54, 1.807) is 0 Å². The van der Waals surface area contributed by atoms with E-state index in [-0.39, 0.29) is 11.9 Å². The Bertz CT molecular complexity index is 585. The Hall–Kier alpha value is -2.09. The maximum absolute atomic E-state index is 12.6. The van der Waals surface area contributed by atoms with Gasteiger partial charge in [0.1, 0.15) is 5.75 Å². The summed E-state index contributed by atoms with van der Waals surface area (Å²) in [6.45, 7) is 5.85. The van der Waals surface area contributed by atoms with Crippen LogP contribution in [-0.2, 0) is 0 Å². The zero-order valence-electron chi connectivity index (χ0n) is 11.5. The van der Waals surface area contributed by atoms with Crippen LogP contribution in [0.4, 0.5) is 0 Å². The molecule has 0 aromatic heterocycles. The average Bonchev–Trinajstić information content (AvgIpc) is 2.38. The van der Waals surface area contributed by atoms with Gasteiger partial charge >= 0.3 is 0 Å². The van der Waals surface area contributed by atoms with Gasteiger partial charge < -0.3 is 4.74 Å². The lowest BCUT2D eigenvalue weighted by molar-refractivity contribution is 0.103. The first-order valence-electron chi connectivity index (χ1n) is 6.45. The van der Waals surface area contributed by atoms with Gasteiger partial charge in [-0.3, -0.25) is 4.79 Å². The number of rotatable bonds is 4. The molecule has 0 saturated carbocycles. The van der Waals surface area contributed by atoms with Crippen molar-refractivity contribution in [3.05, 3.63) is 65.2 Å². The van der Waals surface area contributed by atoms with Gasteiger partial charge in [-0.05, 0) is 38.5 Å². The molecule has 0 N–H and O–H groups in total. The molecule has 0 aliphatic carbocycles. The minimum Gasteiger partial charge on any atom is -0.490 e. The van der Waals surface area contributed by atoms with Crippen LogP contribution in [-0.4, -0.2) is 11.9 Å². The Morgan fingerprint density at radius 2 is 1.53 bits per heavy atom. The van der Waals surface area contributed by atoms with E-state index in [1.165, 1.54) is 0 Å². The normalized spacial score (nSPS) is 10.5. The number of ketones is 1. The summed E-state index contributed by atoms with van der Waals surface area (Å²) in [6.07, 6.45) is 0.0471. The van der Waals surface area contributed by atoms with Gasteiger partial charge in [0.15, 0.2) is 5.78 Å². The van der Waals surface area contributed by atoms with Crippen LogP contribution in [0.3, 0.4) is 0 Å².